The first-order chi connectivity index (χ1) is 8.29. The van der Waals surface area contributed by atoms with E-state index in [1.54, 1.807) is 0 Å². The first-order valence-electron chi connectivity index (χ1n) is 6.45. The van der Waals surface area contributed by atoms with Gasteiger partial charge in [-0.05, 0) is 45.3 Å². The maximum absolute atomic E-state index is 4.29. The Morgan fingerprint density at radius 1 is 1.47 bits per heavy atom. The highest BCUT2D eigenvalue weighted by atomic mass is 15.2. The summed E-state index contributed by atoms with van der Waals surface area (Å²) in [6, 6.07) is 2.46. The summed E-state index contributed by atoms with van der Waals surface area (Å²) in [6.07, 6.45) is 6.25. The van der Waals surface area contributed by atoms with Crippen molar-refractivity contribution in [3.63, 3.8) is 0 Å². The van der Waals surface area contributed by atoms with Crippen LogP contribution in [0.2, 0.25) is 0 Å². The van der Waals surface area contributed by atoms with Gasteiger partial charge >= 0.3 is 0 Å². The lowest BCUT2D eigenvalue weighted by Gasteiger charge is -2.35. The van der Waals surface area contributed by atoms with Crippen molar-refractivity contribution in [1.29, 1.82) is 0 Å². The zero-order valence-electron chi connectivity index (χ0n) is 10.8. The van der Waals surface area contributed by atoms with Crippen molar-refractivity contribution < 1.29 is 0 Å². The average molecular weight is 234 g/mol. The summed E-state index contributed by atoms with van der Waals surface area (Å²) >= 11 is 0. The lowest BCUT2D eigenvalue weighted by Crippen LogP contribution is -2.43. The Morgan fingerprint density at radius 2 is 2.24 bits per heavy atom. The van der Waals surface area contributed by atoms with Gasteiger partial charge in [-0.3, -0.25) is 4.90 Å². The van der Waals surface area contributed by atoms with Crippen LogP contribution in [-0.4, -0.2) is 41.0 Å². The van der Waals surface area contributed by atoms with Crippen molar-refractivity contribution in [1.82, 2.24) is 20.2 Å². The van der Waals surface area contributed by atoms with Crippen LogP contribution in [0.4, 0.5) is 0 Å². The summed E-state index contributed by atoms with van der Waals surface area (Å²) in [6.45, 7) is 5.48. The molecule has 0 saturated carbocycles. The highest BCUT2D eigenvalue weighted by Gasteiger charge is 2.23. The molecule has 1 fully saturated rings. The zero-order chi connectivity index (χ0) is 12.1. The van der Waals surface area contributed by atoms with Gasteiger partial charge in [0.25, 0.3) is 0 Å². The van der Waals surface area contributed by atoms with Crippen LogP contribution in [0.3, 0.4) is 0 Å². The van der Waals surface area contributed by atoms with Gasteiger partial charge in [-0.2, -0.15) is 0 Å². The van der Waals surface area contributed by atoms with Crippen LogP contribution in [0.1, 0.15) is 25.6 Å². The third-order valence-corrected chi connectivity index (χ3v) is 3.69. The second-order valence-corrected chi connectivity index (χ2v) is 4.88. The molecule has 0 aromatic carbocycles. The molecule has 0 radical (unpaired) electrons. The smallest absolute Gasteiger partial charge is 0.142 e. The normalized spacial score (nSPS) is 23.5. The number of rotatable bonds is 4. The lowest BCUT2D eigenvalue weighted by atomic mass is 9.92. The highest BCUT2D eigenvalue weighted by molar-refractivity contribution is 4.90. The van der Waals surface area contributed by atoms with E-state index in [1.165, 1.54) is 19.4 Å². The van der Waals surface area contributed by atoms with Gasteiger partial charge in [0.1, 0.15) is 5.82 Å². The molecule has 1 aliphatic rings. The van der Waals surface area contributed by atoms with Crippen molar-refractivity contribution in [2.45, 2.75) is 32.4 Å². The highest BCUT2D eigenvalue weighted by Crippen LogP contribution is 2.20. The molecule has 2 unspecified atom stereocenters. The number of nitrogens with zero attached hydrogens (tertiary/aromatic N) is 3. The molecule has 2 rings (SSSR count). The Balaban J connectivity index is 1.89. The van der Waals surface area contributed by atoms with Gasteiger partial charge in [0.15, 0.2) is 0 Å². The SMILES string of the molecule is CNC(C)C1CCCN(Cc2ncccn2)C1. The van der Waals surface area contributed by atoms with Crippen molar-refractivity contribution in [3.05, 3.63) is 24.3 Å². The minimum atomic E-state index is 0.592. The van der Waals surface area contributed by atoms with E-state index in [4.69, 9.17) is 0 Å². The van der Waals surface area contributed by atoms with Crippen molar-refractivity contribution in [3.8, 4) is 0 Å². The summed E-state index contributed by atoms with van der Waals surface area (Å²) in [7, 11) is 2.05. The van der Waals surface area contributed by atoms with Gasteiger partial charge in [-0.25, -0.2) is 9.97 Å². The molecule has 0 amide bonds. The average Bonchev–Trinajstić information content (AvgIpc) is 2.39. The van der Waals surface area contributed by atoms with Gasteiger partial charge in [0.2, 0.25) is 0 Å². The predicted octanol–water partition coefficient (Wildman–Crippen LogP) is 1.30. The van der Waals surface area contributed by atoms with E-state index < -0.39 is 0 Å². The summed E-state index contributed by atoms with van der Waals surface area (Å²) in [5.41, 5.74) is 0. The molecule has 94 valence electrons. The van der Waals surface area contributed by atoms with Gasteiger partial charge < -0.3 is 5.32 Å². The fourth-order valence-corrected chi connectivity index (χ4v) is 2.49. The largest absolute Gasteiger partial charge is 0.317 e. The predicted molar refractivity (Wildman–Crippen MR) is 68.6 cm³/mol. The second kappa shape index (κ2) is 6.07. The number of hydrogen-bond donors (Lipinski definition) is 1. The fraction of sp³-hybridized carbons (Fsp3) is 0.692. The maximum Gasteiger partial charge on any atom is 0.142 e. The van der Waals surface area contributed by atoms with Crippen LogP contribution in [0.15, 0.2) is 18.5 Å². The quantitative estimate of drug-likeness (QED) is 0.852. The van der Waals surface area contributed by atoms with E-state index in [0.29, 0.717) is 6.04 Å². The third kappa shape index (κ3) is 3.48. The fourth-order valence-electron chi connectivity index (χ4n) is 2.49. The molecule has 0 bridgehead atoms. The summed E-state index contributed by atoms with van der Waals surface area (Å²) in [5, 5.41) is 3.36. The summed E-state index contributed by atoms with van der Waals surface area (Å²) in [5.74, 6) is 1.68. The minimum Gasteiger partial charge on any atom is -0.317 e. The zero-order valence-corrected chi connectivity index (χ0v) is 10.8. The minimum absolute atomic E-state index is 0.592. The van der Waals surface area contributed by atoms with Crippen molar-refractivity contribution in [2.24, 2.45) is 5.92 Å². The Bertz CT molecular complexity index is 327. The molecular weight excluding hydrogens is 212 g/mol. The van der Waals surface area contributed by atoms with Crippen LogP contribution >= 0.6 is 0 Å². The molecule has 2 atom stereocenters. The van der Waals surface area contributed by atoms with Crippen molar-refractivity contribution in [2.75, 3.05) is 20.1 Å². The molecule has 4 heteroatoms. The topological polar surface area (TPSA) is 41.0 Å². The standard InChI is InChI=1S/C13H22N4/c1-11(14-2)12-5-3-8-17(9-12)10-13-15-6-4-7-16-13/h4,6-7,11-12,14H,3,5,8-10H2,1-2H3. The van der Waals surface area contributed by atoms with Crippen LogP contribution < -0.4 is 5.32 Å². The van der Waals surface area contributed by atoms with E-state index in [1.807, 2.05) is 25.5 Å². The first kappa shape index (κ1) is 12.5. The van der Waals surface area contributed by atoms with Crippen LogP contribution in [-0.2, 0) is 6.54 Å². The molecule has 1 N–H and O–H groups in total. The maximum atomic E-state index is 4.29. The van der Waals surface area contributed by atoms with Crippen molar-refractivity contribution >= 4 is 0 Å². The molecule has 0 spiro atoms. The lowest BCUT2D eigenvalue weighted by molar-refractivity contribution is 0.144. The molecular formula is C13H22N4. The Hall–Kier alpha value is -1.00. The van der Waals surface area contributed by atoms with E-state index in [0.717, 1.165) is 24.8 Å². The molecule has 17 heavy (non-hydrogen) atoms. The molecule has 4 nitrogen and oxygen atoms in total. The molecule has 1 aliphatic heterocycles. The number of hydrogen-bond acceptors (Lipinski definition) is 4. The molecule has 0 aliphatic carbocycles. The van der Waals surface area contributed by atoms with Gasteiger partial charge in [-0.1, -0.05) is 0 Å². The summed E-state index contributed by atoms with van der Waals surface area (Å²) in [4.78, 5) is 11.1. The number of aromatic nitrogens is 2. The monoisotopic (exact) mass is 234 g/mol. The third-order valence-electron chi connectivity index (χ3n) is 3.69. The van der Waals surface area contributed by atoms with Crippen LogP contribution in [0.5, 0.6) is 0 Å². The van der Waals surface area contributed by atoms with Crippen LogP contribution in [0.25, 0.3) is 0 Å². The number of likely N-dealkylation sites (tertiary alicyclic amines) is 1. The van der Waals surface area contributed by atoms with Gasteiger partial charge in [-0.15, -0.1) is 0 Å². The number of nitrogens with one attached hydrogen (secondary N) is 1. The van der Waals surface area contributed by atoms with E-state index in [9.17, 15) is 0 Å². The molecule has 2 heterocycles. The van der Waals surface area contributed by atoms with E-state index in [-0.39, 0.29) is 0 Å². The van der Waals surface area contributed by atoms with E-state index in [2.05, 4.69) is 27.1 Å². The molecule has 1 aromatic rings. The van der Waals surface area contributed by atoms with Crippen LogP contribution in [0, 0.1) is 5.92 Å². The Labute approximate surface area is 103 Å². The Morgan fingerprint density at radius 3 is 2.94 bits per heavy atom. The summed E-state index contributed by atoms with van der Waals surface area (Å²) < 4.78 is 0. The van der Waals surface area contributed by atoms with E-state index >= 15 is 0 Å². The molecule has 1 aromatic heterocycles. The number of piperidine rings is 1. The van der Waals surface area contributed by atoms with Gasteiger partial charge in [0, 0.05) is 25.0 Å². The second-order valence-electron chi connectivity index (χ2n) is 4.88. The van der Waals surface area contributed by atoms with Gasteiger partial charge in [0.05, 0.1) is 6.54 Å². The first-order valence-corrected chi connectivity index (χ1v) is 6.45. The molecule has 1 saturated heterocycles. The Kier molecular flexibility index (Phi) is 4.45.